The Kier molecular flexibility index (Phi) is 5.76. The van der Waals surface area contributed by atoms with E-state index in [1.165, 1.54) is 0 Å². The molecule has 0 aliphatic carbocycles. The summed E-state index contributed by atoms with van der Waals surface area (Å²) in [7, 11) is 0. The summed E-state index contributed by atoms with van der Waals surface area (Å²) in [6, 6.07) is 16.0. The van der Waals surface area contributed by atoms with Crippen molar-refractivity contribution in [2.75, 3.05) is 5.32 Å². The Morgan fingerprint density at radius 3 is 2.52 bits per heavy atom. The number of phenolic OH excluding ortho intramolecular Hbond substituents is 1. The summed E-state index contributed by atoms with van der Waals surface area (Å²) in [5, 5.41) is 22.3. The van der Waals surface area contributed by atoms with Gasteiger partial charge < -0.3 is 15.0 Å². The fourth-order valence-electron chi connectivity index (χ4n) is 3.17. The van der Waals surface area contributed by atoms with E-state index in [0.717, 1.165) is 28.2 Å². The first-order valence-electron chi connectivity index (χ1n) is 8.98. The second-order valence-corrected chi connectivity index (χ2v) is 7.12. The van der Waals surface area contributed by atoms with Crippen LogP contribution in [0.25, 0.3) is 11.8 Å². The minimum Gasteiger partial charge on any atom is -0.508 e. The molecule has 2 N–H and O–H groups in total. The number of aryl methyl sites for hydroxylation is 1. The fraction of sp³-hybridized carbons (Fsp3) is 0.130. The zero-order valence-electron chi connectivity index (χ0n) is 16.3. The highest BCUT2D eigenvalue weighted by Crippen LogP contribution is 2.26. The molecular weight excluding hydrogens is 386 g/mol. The van der Waals surface area contributed by atoms with Crippen LogP contribution in [0.4, 0.5) is 5.69 Å². The van der Waals surface area contributed by atoms with Gasteiger partial charge in [0.1, 0.15) is 17.4 Å². The number of aromatic hydroxyl groups is 1. The Bertz CT molecular complexity index is 1150. The van der Waals surface area contributed by atoms with Gasteiger partial charge in [-0.15, -0.1) is 0 Å². The van der Waals surface area contributed by atoms with Crippen LogP contribution in [0.3, 0.4) is 0 Å². The number of hydrogen-bond acceptors (Lipinski definition) is 3. The van der Waals surface area contributed by atoms with Crippen molar-refractivity contribution in [2.24, 2.45) is 0 Å². The van der Waals surface area contributed by atoms with Gasteiger partial charge in [-0.25, -0.2) is 0 Å². The highest BCUT2D eigenvalue weighted by molar-refractivity contribution is 6.31. The smallest absolute Gasteiger partial charge is 0.266 e. The standard InChI is InChI=1S/C23H20ClN3O2/c1-14-11-17(16(3)27(14)19-7-9-20(28)10-8-19)12-18(13-25)23(29)26-22-6-4-5-21(24)15(22)2/h4-12,28H,1-3H3,(H,26,29)/b18-12-. The predicted octanol–water partition coefficient (Wildman–Crippen LogP) is 5.31. The molecule has 1 aromatic heterocycles. The maximum atomic E-state index is 12.6. The lowest BCUT2D eigenvalue weighted by Gasteiger charge is -2.10. The van der Waals surface area contributed by atoms with E-state index >= 15 is 0 Å². The van der Waals surface area contributed by atoms with Gasteiger partial charge in [0.2, 0.25) is 0 Å². The molecule has 5 nitrogen and oxygen atoms in total. The molecule has 1 amide bonds. The number of nitrogens with one attached hydrogen (secondary N) is 1. The molecule has 3 aromatic rings. The largest absolute Gasteiger partial charge is 0.508 e. The molecular formula is C23H20ClN3O2. The number of nitriles is 1. The zero-order valence-corrected chi connectivity index (χ0v) is 17.1. The predicted molar refractivity (Wildman–Crippen MR) is 115 cm³/mol. The summed E-state index contributed by atoms with van der Waals surface area (Å²) in [4.78, 5) is 12.6. The van der Waals surface area contributed by atoms with Gasteiger partial charge in [-0.2, -0.15) is 5.26 Å². The van der Waals surface area contributed by atoms with E-state index in [4.69, 9.17) is 11.6 Å². The van der Waals surface area contributed by atoms with Crippen LogP contribution < -0.4 is 5.32 Å². The third-order valence-corrected chi connectivity index (χ3v) is 5.17. The Balaban J connectivity index is 1.94. The number of hydrogen-bond donors (Lipinski definition) is 2. The highest BCUT2D eigenvalue weighted by atomic mass is 35.5. The second kappa shape index (κ2) is 8.26. The van der Waals surface area contributed by atoms with Crippen LogP contribution >= 0.6 is 11.6 Å². The number of halogens is 1. The first-order chi connectivity index (χ1) is 13.8. The molecule has 3 rings (SSSR count). The van der Waals surface area contributed by atoms with Crippen LogP contribution in [0.15, 0.2) is 54.1 Å². The minimum absolute atomic E-state index is 0.00432. The number of carbonyl (C=O) groups excluding carboxylic acids is 1. The van der Waals surface area contributed by atoms with E-state index in [0.29, 0.717) is 10.7 Å². The molecule has 6 heteroatoms. The van der Waals surface area contributed by atoms with Gasteiger partial charge in [-0.3, -0.25) is 4.79 Å². The van der Waals surface area contributed by atoms with E-state index in [-0.39, 0.29) is 11.3 Å². The Labute approximate surface area is 174 Å². The number of rotatable bonds is 4. The maximum Gasteiger partial charge on any atom is 0.266 e. The molecule has 0 saturated heterocycles. The van der Waals surface area contributed by atoms with Gasteiger partial charge in [0.05, 0.1) is 0 Å². The maximum absolute atomic E-state index is 12.6. The zero-order chi connectivity index (χ0) is 21.1. The monoisotopic (exact) mass is 405 g/mol. The molecule has 0 spiro atoms. The topological polar surface area (TPSA) is 78.0 Å². The third-order valence-electron chi connectivity index (χ3n) is 4.76. The molecule has 0 radical (unpaired) electrons. The van der Waals surface area contributed by atoms with E-state index in [1.807, 2.05) is 42.7 Å². The van der Waals surface area contributed by atoms with E-state index in [9.17, 15) is 15.2 Å². The first-order valence-corrected chi connectivity index (χ1v) is 9.36. The molecule has 0 aliphatic rings. The average Bonchev–Trinajstić information content (AvgIpc) is 2.97. The van der Waals surface area contributed by atoms with E-state index < -0.39 is 5.91 Å². The number of anilines is 1. The molecule has 2 aromatic carbocycles. The molecule has 0 saturated carbocycles. The van der Waals surface area contributed by atoms with Crippen molar-refractivity contribution in [2.45, 2.75) is 20.8 Å². The summed E-state index contributed by atoms with van der Waals surface area (Å²) in [5.74, 6) is -0.302. The number of amides is 1. The van der Waals surface area contributed by atoms with Crippen molar-refractivity contribution in [3.8, 4) is 17.5 Å². The molecule has 1 heterocycles. The molecule has 0 fully saturated rings. The van der Waals surface area contributed by atoms with Crippen LogP contribution in [0.2, 0.25) is 5.02 Å². The SMILES string of the molecule is Cc1c(Cl)cccc1NC(=O)/C(C#N)=C\c1cc(C)n(-c2ccc(O)cc2)c1C. The lowest BCUT2D eigenvalue weighted by Crippen LogP contribution is -2.14. The van der Waals surface area contributed by atoms with Gasteiger partial charge in [-0.05, 0) is 80.4 Å². The van der Waals surface area contributed by atoms with Crippen molar-refractivity contribution in [1.82, 2.24) is 4.57 Å². The van der Waals surface area contributed by atoms with Gasteiger partial charge in [0, 0.05) is 27.8 Å². The van der Waals surface area contributed by atoms with Crippen LogP contribution in [-0.4, -0.2) is 15.6 Å². The molecule has 0 aliphatic heterocycles. The van der Waals surface area contributed by atoms with E-state index in [2.05, 4.69) is 5.32 Å². The second-order valence-electron chi connectivity index (χ2n) is 6.71. The highest BCUT2D eigenvalue weighted by Gasteiger charge is 2.15. The number of carbonyl (C=O) groups is 1. The molecule has 146 valence electrons. The Morgan fingerprint density at radius 1 is 1.17 bits per heavy atom. The summed E-state index contributed by atoms with van der Waals surface area (Å²) in [6.07, 6.45) is 1.58. The fourth-order valence-corrected chi connectivity index (χ4v) is 3.34. The summed E-state index contributed by atoms with van der Waals surface area (Å²) >= 11 is 6.10. The first kappa shape index (κ1) is 20.2. The molecule has 0 atom stereocenters. The van der Waals surface area contributed by atoms with E-state index in [1.54, 1.807) is 43.3 Å². The number of aromatic nitrogens is 1. The van der Waals surface area contributed by atoms with Crippen molar-refractivity contribution in [3.05, 3.63) is 81.6 Å². The van der Waals surface area contributed by atoms with Gasteiger partial charge in [0.25, 0.3) is 5.91 Å². The number of nitrogens with zero attached hydrogens (tertiary/aromatic N) is 2. The van der Waals surface area contributed by atoms with Crippen LogP contribution in [0.5, 0.6) is 5.75 Å². The number of phenols is 1. The van der Waals surface area contributed by atoms with Crippen LogP contribution in [0.1, 0.15) is 22.5 Å². The Morgan fingerprint density at radius 2 is 1.86 bits per heavy atom. The van der Waals surface area contributed by atoms with Crippen molar-refractivity contribution in [3.63, 3.8) is 0 Å². The van der Waals surface area contributed by atoms with Crippen molar-refractivity contribution in [1.29, 1.82) is 5.26 Å². The number of benzene rings is 2. The van der Waals surface area contributed by atoms with Crippen molar-refractivity contribution >= 4 is 29.3 Å². The van der Waals surface area contributed by atoms with Gasteiger partial charge >= 0.3 is 0 Å². The van der Waals surface area contributed by atoms with Crippen LogP contribution in [-0.2, 0) is 4.79 Å². The average molecular weight is 406 g/mol. The van der Waals surface area contributed by atoms with Crippen LogP contribution in [0, 0.1) is 32.1 Å². The minimum atomic E-state index is -0.493. The normalized spacial score (nSPS) is 11.2. The summed E-state index contributed by atoms with van der Waals surface area (Å²) in [6.45, 7) is 5.66. The van der Waals surface area contributed by atoms with Gasteiger partial charge in [-0.1, -0.05) is 17.7 Å². The summed E-state index contributed by atoms with van der Waals surface area (Å²) in [5.41, 5.74) is 4.79. The third kappa shape index (κ3) is 4.18. The molecule has 29 heavy (non-hydrogen) atoms. The van der Waals surface area contributed by atoms with Crippen molar-refractivity contribution < 1.29 is 9.90 Å². The molecule has 0 bridgehead atoms. The summed E-state index contributed by atoms with van der Waals surface area (Å²) < 4.78 is 2.00. The quantitative estimate of drug-likeness (QED) is 0.456. The molecule has 0 unspecified atom stereocenters. The van der Waals surface area contributed by atoms with Gasteiger partial charge in [0.15, 0.2) is 0 Å². The lowest BCUT2D eigenvalue weighted by atomic mass is 10.1. The lowest BCUT2D eigenvalue weighted by molar-refractivity contribution is -0.112. The Hall–Kier alpha value is -3.49.